The molecule has 138 valence electrons. The van der Waals surface area contributed by atoms with Crippen LogP contribution in [0.1, 0.15) is 5.56 Å². The first kappa shape index (κ1) is 18.3. The van der Waals surface area contributed by atoms with Gasteiger partial charge in [0.2, 0.25) is 0 Å². The SMILES string of the molecule is CSc1nc2c(c(=O)[nH]c(=O)n2C)n1C[C@H](O)COc1ccccc1C. The number of nitrogens with one attached hydrogen (secondary N) is 1. The van der Waals surface area contributed by atoms with Gasteiger partial charge in [-0.25, -0.2) is 9.78 Å². The summed E-state index contributed by atoms with van der Waals surface area (Å²) >= 11 is 1.34. The van der Waals surface area contributed by atoms with Crippen molar-refractivity contribution >= 4 is 22.9 Å². The second kappa shape index (κ2) is 7.38. The van der Waals surface area contributed by atoms with Crippen molar-refractivity contribution in [2.45, 2.75) is 24.7 Å². The van der Waals surface area contributed by atoms with E-state index in [1.54, 1.807) is 11.6 Å². The number of imidazole rings is 1. The third-order valence-electron chi connectivity index (χ3n) is 4.07. The molecular formula is C17H20N4O4S. The lowest BCUT2D eigenvalue weighted by atomic mass is 10.2. The van der Waals surface area contributed by atoms with E-state index in [2.05, 4.69) is 9.97 Å². The fourth-order valence-corrected chi connectivity index (χ4v) is 3.27. The lowest BCUT2D eigenvalue weighted by Gasteiger charge is -2.15. The number of aliphatic hydroxyl groups is 1. The average molecular weight is 376 g/mol. The van der Waals surface area contributed by atoms with Crippen molar-refractivity contribution in [2.75, 3.05) is 12.9 Å². The molecule has 0 saturated heterocycles. The summed E-state index contributed by atoms with van der Waals surface area (Å²) in [4.78, 5) is 30.6. The molecule has 9 heteroatoms. The highest BCUT2D eigenvalue weighted by Gasteiger charge is 2.19. The topological polar surface area (TPSA) is 102 Å². The molecule has 0 spiro atoms. The molecule has 0 fully saturated rings. The molecule has 3 rings (SSSR count). The summed E-state index contributed by atoms with van der Waals surface area (Å²) in [6, 6.07) is 7.54. The number of aryl methyl sites for hydroxylation is 2. The molecule has 3 aromatic rings. The Kier molecular flexibility index (Phi) is 5.19. The van der Waals surface area contributed by atoms with Gasteiger partial charge in [0.1, 0.15) is 18.5 Å². The zero-order valence-corrected chi connectivity index (χ0v) is 15.5. The maximum atomic E-state index is 12.3. The van der Waals surface area contributed by atoms with Crippen molar-refractivity contribution in [2.24, 2.45) is 7.05 Å². The molecule has 8 nitrogen and oxygen atoms in total. The number of nitrogens with zero attached hydrogens (tertiary/aromatic N) is 3. The van der Waals surface area contributed by atoms with Crippen LogP contribution in [-0.2, 0) is 13.6 Å². The van der Waals surface area contributed by atoms with Crippen LogP contribution in [0.15, 0.2) is 39.0 Å². The van der Waals surface area contributed by atoms with Gasteiger partial charge in [-0.05, 0) is 24.8 Å². The van der Waals surface area contributed by atoms with Gasteiger partial charge in [0.25, 0.3) is 5.56 Å². The molecule has 0 bridgehead atoms. The van der Waals surface area contributed by atoms with Crippen molar-refractivity contribution in [3.63, 3.8) is 0 Å². The third kappa shape index (κ3) is 3.40. The Balaban J connectivity index is 1.88. The van der Waals surface area contributed by atoms with E-state index in [-0.39, 0.29) is 24.3 Å². The van der Waals surface area contributed by atoms with Crippen molar-refractivity contribution in [1.82, 2.24) is 19.1 Å². The molecule has 26 heavy (non-hydrogen) atoms. The van der Waals surface area contributed by atoms with E-state index < -0.39 is 17.4 Å². The minimum atomic E-state index is -0.852. The van der Waals surface area contributed by atoms with Crippen molar-refractivity contribution < 1.29 is 9.84 Å². The van der Waals surface area contributed by atoms with Gasteiger partial charge in [0.05, 0.1) is 6.54 Å². The van der Waals surface area contributed by atoms with Crippen molar-refractivity contribution in [3.8, 4) is 5.75 Å². The number of hydrogen-bond acceptors (Lipinski definition) is 6. The quantitative estimate of drug-likeness (QED) is 0.620. The molecule has 0 amide bonds. The number of thioether (sulfide) groups is 1. The number of ether oxygens (including phenoxy) is 1. The average Bonchev–Trinajstić information content (AvgIpc) is 2.98. The largest absolute Gasteiger partial charge is 0.491 e. The summed E-state index contributed by atoms with van der Waals surface area (Å²) in [6.07, 6.45) is 0.967. The molecule has 2 N–H and O–H groups in total. The standard InChI is InChI=1S/C17H20N4O4S/c1-10-6-4-5-7-12(10)25-9-11(22)8-21-13-14(18-17(21)26-3)20(2)16(24)19-15(13)23/h4-7,11,22H,8-9H2,1-3H3,(H,19,23,24)/t11-/m0/s1. The number of para-hydroxylation sites is 1. The normalized spacial score (nSPS) is 12.5. The molecule has 0 unspecified atom stereocenters. The first-order valence-electron chi connectivity index (χ1n) is 8.02. The van der Waals surface area contributed by atoms with Crippen molar-refractivity contribution in [1.29, 1.82) is 0 Å². The van der Waals surface area contributed by atoms with Crippen molar-refractivity contribution in [3.05, 3.63) is 50.7 Å². The van der Waals surface area contributed by atoms with Gasteiger partial charge in [-0.1, -0.05) is 30.0 Å². The molecule has 0 aliphatic rings. The Morgan fingerprint density at radius 3 is 2.77 bits per heavy atom. The number of hydrogen-bond donors (Lipinski definition) is 2. The van der Waals surface area contributed by atoms with E-state index in [4.69, 9.17) is 4.74 Å². The maximum Gasteiger partial charge on any atom is 0.329 e. The predicted octanol–water partition coefficient (Wildman–Crippen LogP) is 0.894. The molecule has 2 aromatic heterocycles. The number of aromatic amines is 1. The number of aromatic nitrogens is 4. The van der Waals surface area contributed by atoms with E-state index in [0.717, 1.165) is 5.56 Å². The molecule has 0 saturated carbocycles. The zero-order chi connectivity index (χ0) is 18.8. The lowest BCUT2D eigenvalue weighted by molar-refractivity contribution is 0.0910. The van der Waals surface area contributed by atoms with Gasteiger partial charge < -0.3 is 14.4 Å². The number of benzene rings is 1. The monoisotopic (exact) mass is 376 g/mol. The van der Waals surface area contributed by atoms with Crippen LogP contribution in [0, 0.1) is 6.92 Å². The van der Waals surface area contributed by atoms with E-state index in [9.17, 15) is 14.7 Å². The van der Waals surface area contributed by atoms with Gasteiger partial charge in [0.15, 0.2) is 16.3 Å². The third-order valence-corrected chi connectivity index (χ3v) is 4.75. The highest BCUT2D eigenvalue weighted by atomic mass is 32.2. The van der Waals surface area contributed by atoms with Crippen LogP contribution in [0.4, 0.5) is 0 Å². The second-order valence-corrected chi connectivity index (χ2v) is 6.70. The van der Waals surface area contributed by atoms with E-state index >= 15 is 0 Å². The Morgan fingerprint density at radius 2 is 2.08 bits per heavy atom. The first-order valence-corrected chi connectivity index (χ1v) is 9.25. The molecule has 1 atom stereocenters. The number of rotatable bonds is 6. The Morgan fingerprint density at radius 1 is 1.35 bits per heavy atom. The summed E-state index contributed by atoms with van der Waals surface area (Å²) in [6.45, 7) is 2.12. The Bertz CT molecular complexity index is 1050. The molecule has 1 aromatic carbocycles. The Hall–Kier alpha value is -2.52. The van der Waals surface area contributed by atoms with Crippen LogP contribution in [0.5, 0.6) is 5.75 Å². The fraction of sp³-hybridized carbons (Fsp3) is 0.353. The zero-order valence-electron chi connectivity index (χ0n) is 14.7. The second-order valence-electron chi connectivity index (χ2n) is 5.93. The molecule has 0 aliphatic carbocycles. The van der Waals surface area contributed by atoms with E-state index in [0.29, 0.717) is 10.9 Å². The predicted molar refractivity (Wildman–Crippen MR) is 100 cm³/mol. The Labute approximate surface area is 153 Å². The van der Waals surface area contributed by atoms with Crippen LogP contribution < -0.4 is 16.0 Å². The number of H-pyrrole nitrogens is 1. The van der Waals surface area contributed by atoms with Gasteiger partial charge in [-0.2, -0.15) is 0 Å². The minimum absolute atomic E-state index is 0.0714. The van der Waals surface area contributed by atoms with Crippen LogP contribution in [0.3, 0.4) is 0 Å². The first-order chi connectivity index (χ1) is 12.4. The van der Waals surface area contributed by atoms with E-state index in [1.807, 2.05) is 37.4 Å². The molecule has 0 radical (unpaired) electrons. The maximum absolute atomic E-state index is 12.3. The van der Waals surface area contributed by atoms with Gasteiger partial charge in [-0.3, -0.25) is 14.3 Å². The fourth-order valence-electron chi connectivity index (χ4n) is 2.71. The van der Waals surface area contributed by atoms with Crippen LogP contribution in [-0.4, -0.2) is 43.2 Å². The van der Waals surface area contributed by atoms with Gasteiger partial charge in [-0.15, -0.1) is 0 Å². The summed E-state index contributed by atoms with van der Waals surface area (Å²) < 4.78 is 8.57. The van der Waals surface area contributed by atoms with Crippen LogP contribution in [0.25, 0.3) is 11.2 Å². The summed E-state index contributed by atoms with van der Waals surface area (Å²) in [5.41, 5.74) is 0.469. The lowest BCUT2D eigenvalue weighted by Crippen LogP contribution is -2.30. The van der Waals surface area contributed by atoms with E-state index in [1.165, 1.54) is 16.3 Å². The van der Waals surface area contributed by atoms with Crippen LogP contribution in [0.2, 0.25) is 0 Å². The van der Waals surface area contributed by atoms with Gasteiger partial charge >= 0.3 is 5.69 Å². The van der Waals surface area contributed by atoms with Gasteiger partial charge in [0, 0.05) is 7.05 Å². The highest BCUT2D eigenvalue weighted by Crippen LogP contribution is 2.20. The highest BCUT2D eigenvalue weighted by molar-refractivity contribution is 7.98. The number of aliphatic hydroxyl groups excluding tert-OH is 1. The summed E-state index contributed by atoms with van der Waals surface area (Å²) in [5, 5.41) is 10.9. The molecule has 0 aliphatic heterocycles. The molecular weight excluding hydrogens is 356 g/mol. The minimum Gasteiger partial charge on any atom is -0.491 e. The molecule has 2 heterocycles. The number of fused-ring (bicyclic) bond motifs is 1. The summed E-state index contributed by atoms with van der Waals surface area (Å²) in [5.74, 6) is 0.701. The summed E-state index contributed by atoms with van der Waals surface area (Å²) in [7, 11) is 1.54. The van der Waals surface area contributed by atoms with Crippen LogP contribution >= 0.6 is 11.8 Å². The smallest absolute Gasteiger partial charge is 0.329 e.